The van der Waals surface area contributed by atoms with E-state index < -0.39 is 6.04 Å². The Labute approximate surface area is 85.3 Å². The monoisotopic (exact) mass is 294 g/mol. The largest absolute Gasteiger partial charge is 0.312 e. The van der Waals surface area contributed by atoms with Gasteiger partial charge in [0, 0.05) is 5.56 Å². The van der Waals surface area contributed by atoms with Gasteiger partial charge in [0.1, 0.15) is 6.04 Å². The van der Waals surface area contributed by atoms with Crippen molar-refractivity contribution in [1.82, 2.24) is 0 Å². The topological polar surface area (TPSA) is 49.8 Å². The minimum atomic E-state index is -0.535. The van der Waals surface area contributed by atoms with Crippen molar-refractivity contribution in [3.8, 4) is 6.07 Å². The summed E-state index contributed by atoms with van der Waals surface area (Å²) in [6.45, 7) is 0. The van der Waals surface area contributed by atoms with Gasteiger partial charge in [-0.05, 0) is 37.9 Å². The first-order valence-corrected chi connectivity index (χ1v) is 5.15. The molecule has 0 aliphatic heterocycles. The standard InChI is InChI=1S/C6H4Br2N2S/c7-5-1-3(4(10)2-9)6(8)11-5/h1,4H,10H2. The highest BCUT2D eigenvalue weighted by Gasteiger charge is 2.11. The van der Waals surface area contributed by atoms with E-state index in [9.17, 15) is 0 Å². The molecule has 1 rings (SSSR count). The fraction of sp³-hybridized carbons (Fsp3) is 0.167. The van der Waals surface area contributed by atoms with Crippen LogP contribution in [0.2, 0.25) is 0 Å². The summed E-state index contributed by atoms with van der Waals surface area (Å²) in [5.74, 6) is 0. The Morgan fingerprint density at radius 2 is 2.27 bits per heavy atom. The van der Waals surface area contributed by atoms with E-state index in [4.69, 9.17) is 11.0 Å². The summed E-state index contributed by atoms with van der Waals surface area (Å²) in [5.41, 5.74) is 6.34. The molecule has 1 aromatic rings. The van der Waals surface area contributed by atoms with E-state index in [2.05, 4.69) is 31.9 Å². The van der Waals surface area contributed by atoms with Crippen molar-refractivity contribution < 1.29 is 0 Å². The van der Waals surface area contributed by atoms with Gasteiger partial charge >= 0.3 is 0 Å². The molecule has 5 heteroatoms. The Morgan fingerprint density at radius 3 is 2.64 bits per heavy atom. The zero-order valence-electron chi connectivity index (χ0n) is 5.34. The van der Waals surface area contributed by atoms with Crippen molar-refractivity contribution in [2.24, 2.45) is 5.73 Å². The maximum atomic E-state index is 8.52. The molecule has 0 fully saturated rings. The predicted octanol–water partition coefficient (Wildman–Crippen LogP) is 2.80. The van der Waals surface area contributed by atoms with Crippen LogP contribution in [0.1, 0.15) is 11.6 Å². The number of hydrogen-bond donors (Lipinski definition) is 1. The van der Waals surface area contributed by atoms with Crippen molar-refractivity contribution in [2.45, 2.75) is 6.04 Å². The van der Waals surface area contributed by atoms with E-state index in [1.54, 1.807) is 0 Å². The molecule has 0 aliphatic rings. The molecular weight excluding hydrogens is 292 g/mol. The van der Waals surface area contributed by atoms with Gasteiger partial charge in [-0.25, -0.2) is 0 Å². The first-order chi connectivity index (χ1) is 5.15. The number of nitrogens with two attached hydrogens (primary N) is 1. The third kappa shape index (κ3) is 2.03. The molecule has 2 nitrogen and oxygen atoms in total. The molecule has 1 atom stereocenters. The molecule has 0 saturated heterocycles. The first-order valence-electron chi connectivity index (χ1n) is 2.75. The predicted molar refractivity (Wildman–Crippen MR) is 52.3 cm³/mol. The quantitative estimate of drug-likeness (QED) is 0.866. The molecule has 0 saturated carbocycles. The fourth-order valence-corrected chi connectivity index (χ4v) is 3.56. The molecule has 0 spiro atoms. The van der Waals surface area contributed by atoms with Gasteiger partial charge in [0.25, 0.3) is 0 Å². The van der Waals surface area contributed by atoms with Crippen LogP contribution in [-0.4, -0.2) is 0 Å². The molecule has 0 radical (unpaired) electrons. The molecule has 0 bridgehead atoms. The Balaban J connectivity index is 3.05. The summed E-state index contributed by atoms with van der Waals surface area (Å²) >= 11 is 8.14. The normalized spacial score (nSPS) is 12.5. The highest BCUT2D eigenvalue weighted by Crippen LogP contribution is 2.34. The second-order valence-corrected chi connectivity index (χ2v) is 5.64. The summed E-state index contributed by atoms with van der Waals surface area (Å²) in [7, 11) is 0. The average Bonchev–Trinajstić information content (AvgIpc) is 2.28. The van der Waals surface area contributed by atoms with Crippen LogP contribution in [0.15, 0.2) is 13.6 Å². The first kappa shape index (κ1) is 9.20. The summed E-state index contributed by atoms with van der Waals surface area (Å²) in [6, 6.07) is 3.28. The van der Waals surface area contributed by atoms with Gasteiger partial charge in [0.2, 0.25) is 0 Å². The lowest BCUT2D eigenvalue weighted by Gasteiger charge is -1.97. The Kier molecular flexibility index (Phi) is 3.07. The van der Waals surface area contributed by atoms with Crippen LogP contribution < -0.4 is 5.73 Å². The molecule has 2 N–H and O–H groups in total. The van der Waals surface area contributed by atoms with Crippen LogP contribution in [-0.2, 0) is 0 Å². The zero-order valence-corrected chi connectivity index (χ0v) is 9.33. The summed E-state index contributed by atoms with van der Waals surface area (Å²) in [6.07, 6.45) is 0. The smallest absolute Gasteiger partial charge is 0.120 e. The number of nitriles is 1. The van der Waals surface area contributed by atoms with E-state index in [0.717, 1.165) is 13.1 Å². The molecular formula is C6H4Br2N2S. The van der Waals surface area contributed by atoms with Gasteiger partial charge in [-0.1, -0.05) is 0 Å². The summed E-state index contributed by atoms with van der Waals surface area (Å²) in [5, 5.41) is 8.52. The lowest BCUT2D eigenvalue weighted by atomic mass is 10.2. The summed E-state index contributed by atoms with van der Waals surface area (Å²) < 4.78 is 1.89. The van der Waals surface area contributed by atoms with Gasteiger partial charge in [-0.15, -0.1) is 11.3 Å². The minimum absolute atomic E-state index is 0.535. The van der Waals surface area contributed by atoms with Crippen LogP contribution in [0.4, 0.5) is 0 Å². The van der Waals surface area contributed by atoms with Crippen molar-refractivity contribution in [2.75, 3.05) is 0 Å². The van der Waals surface area contributed by atoms with E-state index in [1.807, 2.05) is 12.1 Å². The van der Waals surface area contributed by atoms with Gasteiger partial charge < -0.3 is 5.73 Å². The van der Waals surface area contributed by atoms with Crippen LogP contribution in [0.25, 0.3) is 0 Å². The Morgan fingerprint density at radius 1 is 1.64 bits per heavy atom. The van der Waals surface area contributed by atoms with Crippen LogP contribution in [0, 0.1) is 11.3 Å². The van der Waals surface area contributed by atoms with E-state index in [0.29, 0.717) is 0 Å². The van der Waals surface area contributed by atoms with E-state index in [-0.39, 0.29) is 0 Å². The maximum Gasteiger partial charge on any atom is 0.120 e. The maximum absolute atomic E-state index is 8.52. The van der Waals surface area contributed by atoms with Crippen LogP contribution >= 0.6 is 43.2 Å². The molecule has 0 amide bonds. The minimum Gasteiger partial charge on any atom is -0.312 e. The SMILES string of the molecule is N#CC(N)c1cc(Br)sc1Br. The third-order valence-electron chi connectivity index (χ3n) is 1.16. The highest BCUT2D eigenvalue weighted by atomic mass is 79.9. The zero-order chi connectivity index (χ0) is 8.43. The third-order valence-corrected chi connectivity index (χ3v) is 3.54. The second kappa shape index (κ2) is 3.68. The number of halogens is 2. The van der Waals surface area contributed by atoms with Crippen molar-refractivity contribution in [1.29, 1.82) is 5.26 Å². The van der Waals surface area contributed by atoms with Gasteiger partial charge in [0.15, 0.2) is 0 Å². The van der Waals surface area contributed by atoms with Crippen molar-refractivity contribution >= 4 is 43.2 Å². The van der Waals surface area contributed by atoms with Crippen LogP contribution in [0.3, 0.4) is 0 Å². The number of hydrogen-bond acceptors (Lipinski definition) is 3. The molecule has 0 aromatic carbocycles. The van der Waals surface area contributed by atoms with Gasteiger partial charge in [-0.3, -0.25) is 0 Å². The highest BCUT2D eigenvalue weighted by molar-refractivity contribution is 9.12. The molecule has 58 valence electrons. The molecule has 1 aromatic heterocycles. The second-order valence-electron chi connectivity index (χ2n) is 1.89. The molecule has 1 unspecified atom stereocenters. The molecule has 11 heavy (non-hydrogen) atoms. The lowest BCUT2D eigenvalue weighted by molar-refractivity contribution is 0.927. The van der Waals surface area contributed by atoms with Crippen molar-refractivity contribution in [3.05, 3.63) is 19.2 Å². The number of rotatable bonds is 1. The van der Waals surface area contributed by atoms with Gasteiger partial charge in [-0.2, -0.15) is 5.26 Å². The molecule has 1 heterocycles. The summed E-state index contributed by atoms with van der Waals surface area (Å²) in [4.78, 5) is 0. The van der Waals surface area contributed by atoms with Crippen LogP contribution in [0.5, 0.6) is 0 Å². The van der Waals surface area contributed by atoms with E-state index >= 15 is 0 Å². The molecule has 0 aliphatic carbocycles. The number of nitrogens with zero attached hydrogens (tertiary/aromatic N) is 1. The van der Waals surface area contributed by atoms with Crippen molar-refractivity contribution in [3.63, 3.8) is 0 Å². The fourth-order valence-electron chi connectivity index (χ4n) is 0.635. The number of thiophene rings is 1. The Bertz CT molecular complexity index is 302. The van der Waals surface area contributed by atoms with Gasteiger partial charge in [0.05, 0.1) is 13.6 Å². The lowest BCUT2D eigenvalue weighted by Crippen LogP contribution is -2.05. The van der Waals surface area contributed by atoms with E-state index in [1.165, 1.54) is 11.3 Å². The average molecular weight is 296 g/mol. The Hall–Kier alpha value is 0.110.